The SMILES string of the molecule is c1ccc(N=NC(=NNc2ccc3ccccc3c2)c2ccccc2)cc1. The molecule has 0 unspecified atom stereocenters. The third kappa shape index (κ3) is 4.25. The molecule has 1 N–H and O–H groups in total. The third-order valence-electron chi connectivity index (χ3n) is 4.09. The number of nitrogens with zero attached hydrogens (tertiary/aromatic N) is 3. The van der Waals surface area contributed by atoms with Gasteiger partial charge >= 0.3 is 0 Å². The molecule has 0 amide bonds. The van der Waals surface area contributed by atoms with E-state index in [0.29, 0.717) is 5.84 Å². The fourth-order valence-corrected chi connectivity index (χ4v) is 2.71. The van der Waals surface area contributed by atoms with Crippen LogP contribution in [0.15, 0.2) is 118 Å². The quantitative estimate of drug-likeness (QED) is 0.197. The maximum absolute atomic E-state index is 4.49. The third-order valence-corrected chi connectivity index (χ3v) is 4.09. The van der Waals surface area contributed by atoms with Gasteiger partial charge in [0.15, 0.2) is 0 Å². The van der Waals surface area contributed by atoms with Gasteiger partial charge in [0.25, 0.3) is 0 Å². The molecule has 4 aromatic carbocycles. The number of rotatable bonds is 4. The smallest absolute Gasteiger partial charge is 0.201 e. The van der Waals surface area contributed by atoms with Crippen molar-refractivity contribution >= 4 is 28.0 Å². The molecule has 0 heterocycles. The fourth-order valence-electron chi connectivity index (χ4n) is 2.71. The summed E-state index contributed by atoms with van der Waals surface area (Å²) < 4.78 is 0. The van der Waals surface area contributed by atoms with Crippen molar-refractivity contribution in [3.8, 4) is 0 Å². The van der Waals surface area contributed by atoms with Crippen molar-refractivity contribution in [3.05, 3.63) is 109 Å². The van der Waals surface area contributed by atoms with E-state index < -0.39 is 0 Å². The lowest BCUT2D eigenvalue weighted by Crippen LogP contribution is -2.01. The van der Waals surface area contributed by atoms with Crippen molar-refractivity contribution in [3.63, 3.8) is 0 Å². The zero-order chi connectivity index (χ0) is 18.3. The molecule has 0 aliphatic carbocycles. The second-order valence-corrected chi connectivity index (χ2v) is 6.01. The van der Waals surface area contributed by atoms with Gasteiger partial charge in [-0.1, -0.05) is 78.9 Å². The van der Waals surface area contributed by atoms with E-state index in [0.717, 1.165) is 22.3 Å². The van der Waals surface area contributed by atoms with E-state index in [4.69, 9.17) is 0 Å². The van der Waals surface area contributed by atoms with Crippen LogP contribution in [0.4, 0.5) is 11.4 Å². The van der Waals surface area contributed by atoms with Gasteiger partial charge in [0, 0.05) is 5.56 Å². The maximum Gasteiger partial charge on any atom is 0.201 e. The Hall–Kier alpha value is -3.79. The number of hydrazone groups is 1. The molecule has 4 nitrogen and oxygen atoms in total. The summed E-state index contributed by atoms with van der Waals surface area (Å²) in [5, 5.41) is 15.5. The van der Waals surface area contributed by atoms with E-state index in [1.54, 1.807) is 0 Å². The number of hydrogen-bond acceptors (Lipinski definition) is 3. The van der Waals surface area contributed by atoms with Crippen LogP contribution in [0.25, 0.3) is 10.8 Å². The van der Waals surface area contributed by atoms with Crippen molar-refractivity contribution in [1.82, 2.24) is 0 Å². The van der Waals surface area contributed by atoms with Gasteiger partial charge < -0.3 is 0 Å². The van der Waals surface area contributed by atoms with E-state index >= 15 is 0 Å². The minimum absolute atomic E-state index is 0.521. The van der Waals surface area contributed by atoms with Crippen molar-refractivity contribution in [1.29, 1.82) is 0 Å². The van der Waals surface area contributed by atoms with Crippen LogP contribution in [-0.2, 0) is 0 Å². The van der Waals surface area contributed by atoms with E-state index in [9.17, 15) is 0 Å². The standard InChI is InChI=1S/C23H18N4/c1-3-10-19(11-4-1)23(26-24-21-13-5-2-6-14-21)27-25-22-16-15-18-9-7-8-12-20(18)17-22/h1-17,25H. The summed E-state index contributed by atoms with van der Waals surface area (Å²) in [7, 11) is 0. The Morgan fingerprint density at radius 3 is 2.07 bits per heavy atom. The molecular formula is C23H18N4. The average Bonchev–Trinajstić information content (AvgIpc) is 2.75. The first-order valence-electron chi connectivity index (χ1n) is 8.73. The number of amidine groups is 1. The van der Waals surface area contributed by atoms with Gasteiger partial charge in [0.1, 0.15) is 0 Å². The Kier molecular flexibility index (Phi) is 4.97. The highest BCUT2D eigenvalue weighted by Crippen LogP contribution is 2.19. The molecule has 27 heavy (non-hydrogen) atoms. The first-order chi connectivity index (χ1) is 13.4. The number of anilines is 1. The van der Waals surface area contributed by atoms with Gasteiger partial charge in [0.2, 0.25) is 5.84 Å². The zero-order valence-electron chi connectivity index (χ0n) is 14.7. The highest BCUT2D eigenvalue weighted by molar-refractivity contribution is 5.99. The molecule has 0 aliphatic heterocycles. The molecule has 0 aromatic heterocycles. The van der Waals surface area contributed by atoms with Gasteiger partial charge in [-0.05, 0) is 35.0 Å². The second kappa shape index (κ2) is 8.06. The predicted molar refractivity (Wildman–Crippen MR) is 112 cm³/mol. The lowest BCUT2D eigenvalue weighted by atomic mass is 10.1. The summed E-state index contributed by atoms with van der Waals surface area (Å²) in [6.07, 6.45) is 0. The van der Waals surface area contributed by atoms with Crippen LogP contribution in [0.3, 0.4) is 0 Å². The van der Waals surface area contributed by atoms with Crippen LogP contribution >= 0.6 is 0 Å². The fraction of sp³-hybridized carbons (Fsp3) is 0. The molecule has 0 atom stereocenters. The minimum Gasteiger partial charge on any atom is -0.276 e. The minimum atomic E-state index is 0.521. The van der Waals surface area contributed by atoms with Crippen molar-refractivity contribution in [2.24, 2.45) is 15.3 Å². The van der Waals surface area contributed by atoms with Crippen LogP contribution in [-0.4, -0.2) is 5.84 Å². The number of benzene rings is 4. The Labute approximate surface area is 157 Å². The van der Waals surface area contributed by atoms with E-state index in [2.05, 4.69) is 45.0 Å². The van der Waals surface area contributed by atoms with Crippen LogP contribution in [0.5, 0.6) is 0 Å². The van der Waals surface area contributed by atoms with Crippen LogP contribution in [0, 0.1) is 0 Å². The van der Waals surface area contributed by atoms with E-state index in [-0.39, 0.29) is 0 Å². The molecule has 0 radical (unpaired) electrons. The zero-order valence-corrected chi connectivity index (χ0v) is 14.7. The molecule has 0 saturated heterocycles. The number of azo groups is 1. The molecule has 0 aliphatic rings. The largest absolute Gasteiger partial charge is 0.276 e. The normalized spacial score (nSPS) is 11.8. The Bertz CT molecular complexity index is 1090. The maximum atomic E-state index is 4.49. The molecule has 0 fully saturated rings. The number of nitrogens with one attached hydrogen (secondary N) is 1. The average molecular weight is 350 g/mol. The van der Waals surface area contributed by atoms with Crippen molar-refractivity contribution in [2.75, 3.05) is 5.43 Å². The highest BCUT2D eigenvalue weighted by atomic mass is 15.3. The Morgan fingerprint density at radius 1 is 0.630 bits per heavy atom. The molecule has 130 valence electrons. The first kappa shape index (κ1) is 16.7. The summed E-state index contributed by atoms with van der Waals surface area (Å²) in [5.74, 6) is 0.521. The topological polar surface area (TPSA) is 49.1 Å². The van der Waals surface area contributed by atoms with Gasteiger partial charge in [0.05, 0.1) is 11.4 Å². The Balaban J connectivity index is 1.63. The van der Waals surface area contributed by atoms with Crippen LogP contribution in [0.1, 0.15) is 5.56 Å². The van der Waals surface area contributed by atoms with Crippen molar-refractivity contribution < 1.29 is 0 Å². The summed E-state index contributed by atoms with van der Waals surface area (Å²) in [5.41, 5.74) is 5.68. The monoisotopic (exact) mass is 350 g/mol. The van der Waals surface area contributed by atoms with Gasteiger partial charge in [-0.3, -0.25) is 5.43 Å². The van der Waals surface area contributed by atoms with Gasteiger partial charge in [-0.25, -0.2) is 0 Å². The van der Waals surface area contributed by atoms with Crippen LogP contribution in [0.2, 0.25) is 0 Å². The predicted octanol–water partition coefficient (Wildman–Crippen LogP) is 6.40. The van der Waals surface area contributed by atoms with Gasteiger partial charge in [-0.15, -0.1) is 10.2 Å². The highest BCUT2D eigenvalue weighted by Gasteiger charge is 2.03. The first-order valence-corrected chi connectivity index (χ1v) is 8.73. The summed E-state index contributed by atoms with van der Waals surface area (Å²) in [6.45, 7) is 0. The molecule has 4 aromatic rings. The van der Waals surface area contributed by atoms with E-state index in [1.165, 1.54) is 5.39 Å². The lowest BCUT2D eigenvalue weighted by Gasteiger charge is -2.05. The molecular weight excluding hydrogens is 332 g/mol. The molecule has 0 saturated carbocycles. The van der Waals surface area contributed by atoms with Crippen LogP contribution < -0.4 is 5.43 Å². The lowest BCUT2D eigenvalue weighted by molar-refractivity contribution is 1.22. The van der Waals surface area contributed by atoms with E-state index in [1.807, 2.05) is 78.9 Å². The second-order valence-electron chi connectivity index (χ2n) is 6.01. The summed E-state index contributed by atoms with van der Waals surface area (Å²) >= 11 is 0. The number of hydrogen-bond donors (Lipinski definition) is 1. The Morgan fingerprint density at radius 2 is 1.30 bits per heavy atom. The molecule has 4 rings (SSSR count). The summed E-state index contributed by atoms with van der Waals surface area (Å²) in [6, 6.07) is 33.8. The molecule has 0 spiro atoms. The molecule has 0 bridgehead atoms. The van der Waals surface area contributed by atoms with Crippen molar-refractivity contribution in [2.45, 2.75) is 0 Å². The number of fused-ring (bicyclic) bond motifs is 1. The summed E-state index contributed by atoms with van der Waals surface area (Å²) in [4.78, 5) is 0. The van der Waals surface area contributed by atoms with Gasteiger partial charge in [-0.2, -0.15) is 5.10 Å². The molecule has 4 heteroatoms.